The average molecular weight is 1080 g/mol. The highest BCUT2D eigenvalue weighted by Crippen LogP contribution is 2.39. The first-order valence-corrected chi connectivity index (χ1v) is 27.7. The van der Waals surface area contributed by atoms with Crippen LogP contribution in [0.2, 0.25) is 0 Å². The summed E-state index contributed by atoms with van der Waals surface area (Å²) in [5.41, 5.74) is 7.97. The van der Waals surface area contributed by atoms with Crippen LogP contribution >= 0.6 is 0 Å². The van der Waals surface area contributed by atoms with Gasteiger partial charge >= 0.3 is 0 Å². The lowest BCUT2D eigenvalue weighted by Crippen LogP contribution is -2.68. The molecule has 11 nitrogen and oxygen atoms in total. The second kappa shape index (κ2) is 30.1. The van der Waals surface area contributed by atoms with Gasteiger partial charge in [-0.2, -0.15) is 0 Å². The largest absolute Gasteiger partial charge is 0.497 e. The normalized spacial score (nSPS) is 22.9. The Balaban J connectivity index is 1.06. The van der Waals surface area contributed by atoms with Crippen molar-refractivity contribution in [3.05, 3.63) is 281 Å². The molecule has 80 heavy (non-hydrogen) atoms. The van der Waals surface area contributed by atoms with Gasteiger partial charge in [0.1, 0.15) is 54.6 Å². The van der Waals surface area contributed by atoms with E-state index in [2.05, 4.69) is 84.9 Å². The predicted molar refractivity (Wildman–Crippen MR) is 306 cm³/mol. The molecule has 0 bridgehead atoms. The molecule has 1 saturated carbocycles. The van der Waals surface area contributed by atoms with Crippen molar-refractivity contribution in [3.63, 3.8) is 0 Å². The van der Waals surface area contributed by atoms with E-state index in [4.69, 9.17) is 52.1 Å². The molecular weight excluding hydrogens is 1000 g/mol. The molecule has 1 aliphatic carbocycles. The number of ether oxygens (including phenoxy) is 11. The quantitative estimate of drug-likeness (QED) is 0.0469. The fourth-order valence-electron chi connectivity index (χ4n) is 10.3. The van der Waals surface area contributed by atoms with Gasteiger partial charge < -0.3 is 52.1 Å². The van der Waals surface area contributed by atoms with E-state index in [-0.39, 0.29) is 39.6 Å². The molecule has 414 valence electrons. The lowest BCUT2D eigenvalue weighted by atomic mass is 9.83. The zero-order valence-electron chi connectivity index (χ0n) is 45.4. The van der Waals surface area contributed by atoms with Gasteiger partial charge in [-0.05, 0) is 56.6 Å². The highest BCUT2D eigenvalue weighted by atomic mass is 16.7. The molecule has 10 rings (SSSR count). The molecule has 2 aliphatic rings. The Labute approximate surface area is 471 Å². The van der Waals surface area contributed by atoms with Gasteiger partial charge in [0.25, 0.3) is 0 Å². The Bertz CT molecular complexity index is 2940. The van der Waals surface area contributed by atoms with E-state index in [1.807, 2.05) is 152 Å². The molecule has 8 aromatic rings. The molecule has 0 spiro atoms. The first-order valence-electron chi connectivity index (χ1n) is 27.7. The van der Waals surface area contributed by atoms with Gasteiger partial charge in [0, 0.05) is 6.42 Å². The van der Waals surface area contributed by atoms with Crippen LogP contribution in [-0.2, 0) is 100 Å². The zero-order valence-corrected chi connectivity index (χ0v) is 45.4. The highest BCUT2D eigenvalue weighted by molar-refractivity contribution is 5.27. The number of hydrogen-bond acceptors (Lipinski definition) is 11. The van der Waals surface area contributed by atoms with Crippen LogP contribution < -0.4 is 4.74 Å². The molecule has 10 atom stereocenters. The summed E-state index contributed by atoms with van der Waals surface area (Å²) in [6.07, 6.45) is -7.10. The molecule has 0 aromatic heterocycles. The van der Waals surface area contributed by atoms with Crippen LogP contribution in [0, 0.1) is 0 Å². The summed E-state index contributed by atoms with van der Waals surface area (Å²) in [4.78, 5) is 0. The lowest BCUT2D eigenvalue weighted by molar-refractivity contribution is -0.339. The third-order valence-electron chi connectivity index (χ3n) is 14.5. The molecule has 8 aromatic carbocycles. The summed E-state index contributed by atoms with van der Waals surface area (Å²) >= 11 is 0. The Morgan fingerprint density at radius 1 is 0.312 bits per heavy atom. The van der Waals surface area contributed by atoms with Gasteiger partial charge in [-0.15, -0.1) is 0 Å². The molecule has 0 amide bonds. The van der Waals surface area contributed by atoms with E-state index in [9.17, 15) is 0 Å². The monoisotopic (exact) mass is 1080 g/mol. The molecule has 2 fully saturated rings. The Hall–Kier alpha value is -6.84. The van der Waals surface area contributed by atoms with Crippen LogP contribution in [0.1, 0.15) is 50.9 Å². The van der Waals surface area contributed by atoms with Crippen molar-refractivity contribution in [2.75, 3.05) is 13.7 Å². The molecule has 0 unspecified atom stereocenters. The van der Waals surface area contributed by atoms with Crippen molar-refractivity contribution in [1.82, 2.24) is 0 Å². The average Bonchev–Trinajstić information content (AvgIpc) is 3.58. The summed E-state index contributed by atoms with van der Waals surface area (Å²) < 4.78 is 77.2. The number of benzene rings is 8. The third-order valence-corrected chi connectivity index (χ3v) is 14.5. The van der Waals surface area contributed by atoms with E-state index < -0.39 is 61.2 Å². The van der Waals surface area contributed by atoms with Crippen molar-refractivity contribution >= 4 is 0 Å². The molecule has 1 aliphatic heterocycles. The number of methoxy groups -OCH3 is 1. The minimum absolute atomic E-state index is 0.191. The van der Waals surface area contributed by atoms with Gasteiger partial charge in [0.05, 0.1) is 72.7 Å². The van der Waals surface area contributed by atoms with E-state index >= 15 is 0 Å². The van der Waals surface area contributed by atoms with Crippen LogP contribution in [0.25, 0.3) is 0 Å². The Kier molecular flexibility index (Phi) is 21.2. The van der Waals surface area contributed by atoms with Gasteiger partial charge in [-0.3, -0.25) is 0 Å². The molecule has 1 saturated heterocycles. The predicted octanol–water partition coefficient (Wildman–Crippen LogP) is 12.8. The zero-order chi connectivity index (χ0) is 54.4. The smallest absolute Gasteiger partial charge is 0.161 e. The standard InChI is InChI=1S/C69H72O11/c1-70-59-39-37-58(38-40-59)49-78-68-66(76-47-56-33-19-7-20-34-56)64(74-45-54-29-15-5-16-30-54)65(75-46-55-31-17-6-18-32-55)67(77-48-57-35-21-8-22-36-57)69(68)80-62-41-60(72-43-52-25-11-3-12-26-52)63(73-44-53-27-13-4-14-28-53)61(79-62)50-71-42-51-23-9-2-10-24-51/h2-40,60-69H,41-50H2,1H3/t60-,61-,62-,63+,64-,65-,66-,67+,68-,69-/m1/s1. The van der Waals surface area contributed by atoms with E-state index in [1.165, 1.54) is 0 Å². The molecule has 11 heteroatoms. The van der Waals surface area contributed by atoms with Crippen LogP contribution in [0.3, 0.4) is 0 Å². The number of rotatable bonds is 28. The van der Waals surface area contributed by atoms with Gasteiger partial charge in [0.15, 0.2) is 6.29 Å². The minimum Gasteiger partial charge on any atom is -0.497 e. The van der Waals surface area contributed by atoms with Crippen LogP contribution in [0.5, 0.6) is 5.75 Å². The van der Waals surface area contributed by atoms with Gasteiger partial charge in [0.2, 0.25) is 0 Å². The maximum atomic E-state index is 7.64. The first-order chi connectivity index (χ1) is 39.6. The maximum absolute atomic E-state index is 7.64. The van der Waals surface area contributed by atoms with Gasteiger partial charge in [-0.25, -0.2) is 0 Å². The van der Waals surface area contributed by atoms with Gasteiger partial charge in [-0.1, -0.05) is 224 Å². The fraction of sp³-hybridized carbons (Fsp3) is 0.304. The van der Waals surface area contributed by atoms with E-state index in [1.54, 1.807) is 7.11 Å². The van der Waals surface area contributed by atoms with Crippen LogP contribution in [0.15, 0.2) is 237 Å². The van der Waals surface area contributed by atoms with Crippen molar-refractivity contribution < 1.29 is 52.1 Å². The van der Waals surface area contributed by atoms with Crippen LogP contribution in [-0.4, -0.2) is 74.9 Å². The molecule has 0 N–H and O–H groups in total. The lowest BCUT2D eigenvalue weighted by Gasteiger charge is -2.51. The molecule has 0 radical (unpaired) electrons. The minimum atomic E-state index is -0.887. The highest BCUT2D eigenvalue weighted by Gasteiger charge is 2.56. The van der Waals surface area contributed by atoms with Crippen molar-refractivity contribution in [2.45, 2.75) is 121 Å². The molecule has 1 heterocycles. The second-order valence-electron chi connectivity index (χ2n) is 20.2. The van der Waals surface area contributed by atoms with E-state index in [0.29, 0.717) is 26.2 Å². The summed E-state index contributed by atoms with van der Waals surface area (Å²) in [6.45, 7) is 2.46. The summed E-state index contributed by atoms with van der Waals surface area (Å²) in [6, 6.07) is 78.9. The van der Waals surface area contributed by atoms with E-state index in [0.717, 1.165) is 50.3 Å². The first kappa shape index (κ1) is 56.4. The Morgan fingerprint density at radius 3 is 0.938 bits per heavy atom. The Morgan fingerprint density at radius 2 is 0.600 bits per heavy atom. The van der Waals surface area contributed by atoms with Crippen molar-refractivity contribution in [2.24, 2.45) is 0 Å². The topological polar surface area (TPSA) is 102 Å². The third kappa shape index (κ3) is 16.4. The maximum Gasteiger partial charge on any atom is 0.161 e. The number of hydrogen-bond donors (Lipinski definition) is 0. The summed E-state index contributed by atoms with van der Waals surface area (Å²) in [5.74, 6) is 0.741. The fourth-order valence-corrected chi connectivity index (χ4v) is 10.3. The molecular formula is C69H72O11. The summed E-state index contributed by atoms with van der Waals surface area (Å²) in [5, 5.41) is 0. The van der Waals surface area contributed by atoms with Crippen molar-refractivity contribution in [1.29, 1.82) is 0 Å². The van der Waals surface area contributed by atoms with Crippen molar-refractivity contribution in [3.8, 4) is 5.75 Å². The SMILES string of the molecule is COc1ccc(CO[C@@H]2[C@H](OCc3ccccc3)[C@H](OCc3ccccc3)[C@@H](OCc3ccccc3)[C@H](OCc3ccccc3)[C@H]2O[C@@H]2C[C@@H](OCc3ccccc3)[C@H](OCc3ccccc3)[C@@H](COCc3ccccc3)O2)cc1. The second-order valence-corrected chi connectivity index (χ2v) is 20.2. The van der Waals surface area contributed by atoms with Crippen LogP contribution in [0.4, 0.5) is 0 Å². The summed E-state index contributed by atoms with van der Waals surface area (Å²) in [7, 11) is 1.66.